The average molecular weight is 368 g/mol. The van der Waals surface area contributed by atoms with Gasteiger partial charge in [-0.05, 0) is 6.42 Å². The zero-order valence-corrected chi connectivity index (χ0v) is 15.2. The van der Waals surface area contributed by atoms with Gasteiger partial charge in [0.05, 0.1) is 13.0 Å². The highest BCUT2D eigenvalue weighted by Gasteiger charge is 2.40. The smallest absolute Gasteiger partial charge is 0.350 e. The number of piperazine rings is 1. The van der Waals surface area contributed by atoms with Crippen molar-refractivity contribution in [1.29, 1.82) is 0 Å². The second-order valence-electron chi connectivity index (χ2n) is 6.54. The molecule has 1 unspecified atom stereocenters. The van der Waals surface area contributed by atoms with Crippen molar-refractivity contribution in [2.75, 3.05) is 19.7 Å². The number of amides is 1. The quantitative estimate of drug-likeness (QED) is 0.307. The van der Waals surface area contributed by atoms with Gasteiger partial charge >= 0.3 is 17.9 Å². The Hall–Kier alpha value is -2.58. The van der Waals surface area contributed by atoms with Crippen molar-refractivity contribution in [1.82, 2.24) is 10.2 Å². The number of rotatable bonds is 6. The Kier molecular flexibility index (Phi) is 6.23. The molecule has 2 aliphatic rings. The second kappa shape index (κ2) is 8.20. The predicted octanol–water partition coefficient (Wildman–Crippen LogP) is 0.240. The van der Waals surface area contributed by atoms with Crippen LogP contribution in [0.3, 0.4) is 0 Å². The molecule has 2 fully saturated rings. The normalized spacial score (nSPS) is 22.3. The van der Waals surface area contributed by atoms with Gasteiger partial charge in [0, 0.05) is 33.1 Å². The minimum Gasteiger partial charge on any atom is -0.466 e. The molecule has 2 heterocycles. The van der Waals surface area contributed by atoms with E-state index in [0.29, 0.717) is 19.7 Å². The molecular formula is C17H24N2O7. The molecule has 1 atom stereocenters. The Bertz CT molecular complexity index is 605. The molecule has 0 aromatic rings. The maximum Gasteiger partial charge on any atom is 0.350 e. The van der Waals surface area contributed by atoms with Crippen LogP contribution in [-0.4, -0.2) is 60.2 Å². The van der Waals surface area contributed by atoms with E-state index < -0.39 is 29.7 Å². The van der Waals surface area contributed by atoms with Crippen LogP contribution in [0.4, 0.5) is 0 Å². The molecule has 2 saturated heterocycles. The number of cyclic esters (lactones) is 2. The molecule has 0 aromatic heterocycles. The van der Waals surface area contributed by atoms with Gasteiger partial charge in [0.2, 0.25) is 5.91 Å². The number of esters is 3. The summed E-state index contributed by atoms with van der Waals surface area (Å²) in [4.78, 5) is 49.7. The minimum absolute atomic E-state index is 0.186. The van der Waals surface area contributed by atoms with Crippen LogP contribution < -0.4 is 5.32 Å². The SMILES string of the molecule is CCCCOC(=O)CC1C(=O)NCCN1C=C1C(=O)OC(C)(C)OC1=O. The van der Waals surface area contributed by atoms with E-state index in [4.69, 9.17) is 14.2 Å². The molecule has 9 heteroatoms. The third-order valence-electron chi connectivity index (χ3n) is 3.90. The first-order valence-electron chi connectivity index (χ1n) is 8.61. The van der Waals surface area contributed by atoms with E-state index in [-0.39, 0.29) is 17.9 Å². The van der Waals surface area contributed by atoms with Gasteiger partial charge in [-0.1, -0.05) is 13.3 Å². The van der Waals surface area contributed by atoms with Crippen LogP contribution in [0.15, 0.2) is 11.8 Å². The molecule has 1 amide bonds. The fourth-order valence-corrected chi connectivity index (χ4v) is 2.58. The lowest BCUT2D eigenvalue weighted by atomic mass is 10.1. The Labute approximate surface area is 151 Å². The van der Waals surface area contributed by atoms with E-state index in [0.717, 1.165) is 12.8 Å². The van der Waals surface area contributed by atoms with Crippen molar-refractivity contribution in [2.24, 2.45) is 0 Å². The van der Waals surface area contributed by atoms with E-state index >= 15 is 0 Å². The number of carbonyl (C=O) groups is 4. The Morgan fingerprint density at radius 2 is 1.96 bits per heavy atom. The molecular weight excluding hydrogens is 344 g/mol. The lowest BCUT2D eigenvalue weighted by Crippen LogP contribution is -2.54. The van der Waals surface area contributed by atoms with Gasteiger partial charge in [0.1, 0.15) is 6.04 Å². The van der Waals surface area contributed by atoms with Crippen LogP contribution in [-0.2, 0) is 33.4 Å². The molecule has 0 bridgehead atoms. The van der Waals surface area contributed by atoms with Crippen molar-refractivity contribution >= 4 is 23.8 Å². The van der Waals surface area contributed by atoms with E-state index in [2.05, 4.69) is 5.32 Å². The third-order valence-corrected chi connectivity index (χ3v) is 3.90. The van der Waals surface area contributed by atoms with Crippen molar-refractivity contribution in [2.45, 2.75) is 51.9 Å². The second-order valence-corrected chi connectivity index (χ2v) is 6.54. The van der Waals surface area contributed by atoms with Gasteiger partial charge in [-0.25, -0.2) is 9.59 Å². The van der Waals surface area contributed by atoms with Gasteiger partial charge in [-0.15, -0.1) is 0 Å². The molecule has 0 spiro atoms. The van der Waals surface area contributed by atoms with Crippen LogP contribution in [0.25, 0.3) is 0 Å². The molecule has 0 aliphatic carbocycles. The van der Waals surface area contributed by atoms with E-state index in [1.165, 1.54) is 24.9 Å². The Morgan fingerprint density at radius 3 is 2.58 bits per heavy atom. The molecule has 2 aliphatic heterocycles. The number of hydrogen-bond acceptors (Lipinski definition) is 8. The summed E-state index contributed by atoms with van der Waals surface area (Å²) in [6.07, 6.45) is 2.66. The van der Waals surface area contributed by atoms with Crippen LogP contribution >= 0.6 is 0 Å². The first kappa shape index (κ1) is 19.7. The zero-order chi connectivity index (χ0) is 19.3. The summed E-state index contributed by atoms with van der Waals surface area (Å²) in [6, 6.07) is -0.874. The summed E-state index contributed by atoms with van der Waals surface area (Å²) in [7, 11) is 0. The van der Waals surface area contributed by atoms with Crippen LogP contribution in [0.2, 0.25) is 0 Å². The van der Waals surface area contributed by atoms with E-state index in [9.17, 15) is 19.2 Å². The summed E-state index contributed by atoms with van der Waals surface area (Å²) in [6.45, 7) is 5.80. The Morgan fingerprint density at radius 1 is 1.31 bits per heavy atom. The fraction of sp³-hybridized carbons (Fsp3) is 0.647. The van der Waals surface area contributed by atoms with Crippen LogP contribution in [0.5, 0.6) is 0 Å². The highest BCUT2D eigenvalue weighted by atomic mass is 16.7. The number of unbranched alkanes of at least 4 members (excludes halogenated alkanes) is 1. The molecule has 144 valence electrons. The fourth-order valence-electron chi connectivity index (χ4n) is 2.58. The van der Waals surface area contributed by atoms with Crippen LogP contribution in [0, 0.1) is 0 Å². The van der Waals surface area contributed by atoms with Crippen LogP contribution in [0.1, 0.15) is 40.0 Å². The maximum absolute atomic E-state index is 12.2. The topological polar surface area (TPSA) is 111 Å². The largest absolute Gasteiger partial charge is 0.466 e. The van der Waals surface area contributed by atoms with Gasteiger partial charge in [0.15, 0.2) is 5.57 Å². The summed E-state index contributed by atoms with van der Waals surface area (Å²) in [5.74, 6) is -3.90. The lowest BCUT2D eigenvalue weighted by molar-refractivity contribution is -0.222. The summed E-state index contributed by atoms with van der Waals surface area (Å²) >= 11 is 0. The number of nitrogens with one attached hydrogen (secondary N) is 1. The lowest BCUT2D eigenvalue weighted by Gasteiger charge is -2.35. The van der Waals surface area contributed by atoms with E-state index in [1.54, 1.807) is 0 Å². The van der Waals surface area contributed by atoms with Gasteiger partial charge in [-0.3, -0.25) is 9.59 Å². The molecule has 0 radical (unpaired) electrons. The first-order valence-corrected chi connectivity index (χ1v) is 8.61. The van der Waals surface area contributed by atoms with Gasteiger partial charge < -0.3 is 24.4 Å². The monoisotopic (exact) mass is 368 g/mol. The predicted molar refractivity (Wildman–Crippen MR) is 88.3 cm³/mol. The first-order chi connectivity index (χ1) is 12.2. The van der Waals surface area contributed by atoms with Crippen molar-refractivity contribution in [3.8, 4) is 0 Å². The highest BCUT2D eigenvalue weighted by Crippen LogP contribution is 2.24. The van der Waals surface area contributed by atoms with Crippen molar-refractivity contribution in [3.05, 3.63) is 11.8 Å². The molecule has 0 saturated carbocycles. The number of ether oxygens (including phenoxy) is 3. The average Bonchev–Trinajstić information content (AvgIpc) is 2.53. The summed E-state index contributed by atoms with van der Waals surface area (Å²) < 4.78 is 15.2. The molecule has 9 nitrogen and oxygen atoms in total. The highest BCUT2D eigenvalue weighted by molar-refractivity contribution is 6.15. The van der Waals surface area contributed by atoms with E-state index in [1.807, 2.05) is 6.92 Å². The van der Waals surface area contributed by atoms with Crippen molar-refractivity contribution in [3.63, 3.8) is 0 Å². The van der Waals surface area contributed by atoms with Gasteiger partial charge in [-0.2, -0.15) is 0 Å². The maximum atomic E-state index is 12.2. The van der Waals surface area contributed by atoms with Crippen molar-refractivity contribution < 1.29 is 33.4 Å². The molecule has 0 aromatic carbocycles. The molecule has 26 heavy (non-hydrogen) atoms. The standard InChI is InChI=1S/C17H24N2O7/c1-4-5-8-24-13(20)9-12-14(21)18-6-7-19(12)10-11-15(22)25-17(2,3)26-16(11)23/h10,12H,4-9H2,1-3H3,(H,18,21). The number of carbonyl (C=O) groups excluding carboxylic acids is 4. The summed E-state index contributed by atoms with van der Waals surface area (Å²) in [5, 5.41) is 2.66. The number of nitrogens with zero attached hydrogens (tertiary/aromatic N) is 1. The molecule has 1 N–H and O–H groups in total. The number of hydrogen-bond donors (Lipinski definition) is 1. The molecule has 2 rings (SSSR count). The zero-order valence-electron chi connectivity index (χ0n) is 15.2. The summed E-state index contributed by atoms with van der Waals surface area (Å²) in [5.41, 5.74) is -0.316. The van der Waals surface area contributed by atoms with Gasteiger partial charge in [0.25, 0.3) is 5.79 Å². The third kappa shape index (κ3) is 4.96. The Balaban J connectivity index is 2.12. The minimum atomic E-state index is -1.34.